The van der Waals surface area contributed by atoms with Crippen LogP contribution in [0.15, 0.2) is 107 Å². The molecular formula is C40H62O2. The van der Waals surface area contributed by atoms with Gasteiger partial charge in [-0.15, -0.1) is 0 Å². The Kier molecular flexibility index (Phi) is 15.8. The first-order valence-corrected chi connectivity index (χ1v) is 16.0. The van der Waals surface area contributed by atoms with Gasteiger partial charge in [0.15, 0.2) is 0 Å². The summed E-state index contributed by atoms with van der Waals surface area (Å²) in [7, 11) is 0. The van der Waals surface area contributed by atoms with Gasteiger partial charge >= 0.3 is 0 Å². The third kappa shape index (κ3) is 11.7. The molecule has 0 saturated heterocycles. The highest BCUT2D eigenvalue weighted by atomic mass is 16.5. The van der Waals surface area contributed by atoms with Crippen molar-refractivity contribution >= 4 is 0 Å². The monoisotopic (exact) mass is 574 g/mol. The van der Waals surface area contributed by atoms with E-state index in [0.29, 0.717) is 5.41 Å². The summed E-state index contributed by atoms with van der Waals surface area (Å²) in [5, 5.41) is 9.70. The highest BCUT2D eigenvalue weighted by Crippen LogP contribution is 2.51. The summed E-state index contributed by atoms with van der Waals surface area (Å²) in [4.78, 5) is 0. The number of aliphatic hydroxyl groups is 1. The molecule has 1 aliphatic heterocycles. The zero-order valence-corrected chi connectivity index (χ0v) is 28.9. The van der Waals surface area contributed by atoms with Crippen LogP contribution in [-0.2, 0) is 4.74 Å². The van der Waals surface area contributed by atoms with Crippen LogP contribution in [0, 0.1) is 10.8 Å². The highest BCUT2D eigenvalue weighted by molar-refractivity contribution is 5.35. The van der Waals surface area contributed by atoms with Crippen LogP contribution >= 0.6 is 0 Å². The molecule has 0 aromatic rings. The lowest BCUT2D eigenvalue weighted by atomic mass is 9.67. The Morgan fingerprint density at radius 1 is 1.02 bits per heavy atom. The largest absolute Gasteiger partial charge is 0.393 e. The molecule has 0 radical (unpaired) electrons. The first-order valence-electron chi connectivity index (χ1n) is 16.0. The summed E-state index contributed by atoms with van der Waals surface area (Å²) < 4.78 is 6.28. The lowest BCUT2D eigenvalue weighted by Crippen LogP contribution is -2.39. The van der Waals surface area contributed by atoms with E-state index in [9.17, 15) is 5.11 Å². The van der Waals surface area contributed by atoms with Crippen molar-refractivity contribution in [3.05, 3.63) is 107 Å². The molecule has 2 heteroatoms. The van der Waals surface area contributed by atoms with Crippen molar-refractivity contribution in [1.82, 2.24) is 0 Å². The number of fused-ring (bicyclic) bond motifs is 1. The molecule has 1 N–H and O–H groups in total. The fraction of sp³-hybridized carbons (Fsp3) is 0.550. The molecule has 3 unspecified atom stereocenters. The van der Waals surface area contributed by atoms with Gasteiger partial charge in [-0.2, -0.15) is 0 Å². The first-order chi connectivity index (χ1) is 19.7. The maximum Gasteiger partial charge on any atom is 0.0979 e. The van der Waals surface area contributed by atoms with Crippen molar-refractivity contribution < 1.29 is 9.84 Å². The number of ether oxygens (including phenoxy) is 1. The topological polar surface area (TPSA) is 29.5 Å². The van der Waals surface area contributed by atoms with Gasteiger partial charge in [0.2, 0.25) is 0 Å². The van der Waals surface area contributed by atoms with Crippen LogP contribution in [0.5, 0.6) is 0 Å². The van der Waals surface area contributed by atoms with Crippen LogP contribution < -0.4 is 0 Å². The van der Waals surface area contributed by atoms with Crippen molar-refractivity contribution in [1.29, 1.82) is 0 Å². The van der Waals surface area contributed by atoms with E-state index < -0.39 is 0 Å². The molecule has 2 nitrogen and oxygen atoms in total. The second-order valence-corrected chi connectivity index (χ2v) is 13.5. The third-order valence-electron chi connectivity index (χ3n) is 8.63. The lowest BCUT2D eigenvalue weighted by Gasteiger charge is -2.42. The Bertz CT molecular complexity index is 1110. The predicted molar refractivity (Wildman–Crippen MR) is 187 cm³/mol. The highest BCUT2D eigenvalue weighted by Gasteiger charge is 2.47. The number of hydrogen-bond donors (Lipinski definition) is 1. The molecule has 0 amide bonds. The summed E-state index contributed by atoms with van der Waals surface area (Å²) in [6.07, 6.45) is 31.4. The van der Waals surface area contributed by atoms with Gasteiger partial charge in [0, 0.05) is 0 Å². The second kappa shape index (κ2) is 17.6. The molecule has 0 aromatic carbocycles. The van der Waals surface area contributed by atoms with Gasteiger partial charge in [0.25, 0.3) is 0 Å². The summed E-state index contributed by atoms with van der Waals surface area (Å²) in [6.45, 7) is 27.6. The van der Waals surface area contributed by atoms with Gasteiger partial charge < -0.3 is 9.84 Å². The molecule has 1 fully saturated rings. The molecule has 1 saturated carbocycles. The molecule has 0 spiro atoms. The van der Waals surface area contributed by atoms with Crippen molar-refractivity contribution in [2.24, 2.45) is 10.8 Å². The molecule has 42 heavy (non-hydrogen) atoms. The quantitative estimate of drug-likeness (QED) is 0.242. The Morgan fingerprint density at radius 3 is 2.26 bits per heavy atom. The van der Waals surface area contributed by atoms with Gasteiger partial charge in [-0.25, -0.2) is 0 Å². The van der Waals surface area contributed by atoms with E-state index in [-0.39, 0.29) is 23.2 Å². The molecular weight excluding hydrogens is 512 g/mol. The van der Waals surface area contributed by atoms with Gasteiger partial charge in [-0.1, -0.05) is 119 Å². The van der Waals surface area contributed by atoms with Crippen LogP contribution in [0.2, 0.25) is 0 Å². The third-order valence-corrected chi connectivity index (χ3v) is 8.63. The van der Waals surface area contributed by atoms with Crippen molar-refractivity contribution in [2.45, 2.75) is 132 Å². The summed E-state index contributed by atoms with van der Waals surface area (Å²) in [5.41, 5.74) is 7.29. The molecule has 234 valence electrons. The minimum absolute atomic E-state index is 0.00329. The maximum atomic E-state index is 9.70. The number of hydrogen-bond acceptors (Lipinski definition) is 2. The van der Waals surface area contributed by atoms with E-state index >= 15 is 0 Å². The Morgan fingerprint density at radius 2 is 1.71 bits per heavy atom. The predicted octanol–water partition coefficient (Wildman–Crippen LogP) is 11.5. The van der Waals surface area contributed by atoms with Gasteiger partial charge in [0.1, 0.15) is 0 Å². The molecule has 3 aliphatic rings. The lowest BCUT2D eigenvalue weighted by molar-refractivity contribution is -0.0308. The Labute approximate surface area is 260 Å². The van der Waals surface area contributed by atoms with Gasteiger partial charge in [-0.05, 0) is 114 Å². The fourth-order valence-electron chi connectivity index (χ4n) is 6.31. The minimum Gasteiger partial charge on any atom is -0.393 e. The summed E-state index contributed by atoms with van der Waals surface area (Å²) >= 11 is 0. The Hall–Kier alpha value is -2.42. The Balaban J connectivity index is 0.000000319. The number of rotatable bonds is 7. The summed E-state index contributed by atoms with van der Waals surface area (Å²) in [5.74, 6) is 0. The smallest absolute Gasteiger partial charge is 0.0979 e. The van der Waals surface area contributed by atoms with Crippen LogP contribution in [0.25, 0.3) is 0 Å². The van der Waals surface area contributed by atoms with Crippen molar-refractivity contribution in [3.63, 3.8) is 0 Å². The van der Waals surface area contributed by atoms with Gasteiger partial charge in [-0.3, -0.25) is 0 Å². The summed E-state index contributed by atoms with van der Waals surface area (Å²) in [6, 6.07) is 0. The van der Waals surface area contributed by atoms with E-state index in [1.807, 2.05) is 43.4 Å². The van der Waals surface area contributed by atoms with E-state index in [4.69, 9.17) is 4.74 Å². The molecule has 0 bridgehead atoms. The van der Waals surface area contributed by atoms with Crippen molar-refractivity contribution in [2.75, 3.05) is 0 Å². The standard InChI is InChI=1S/C15H24O.C13H22O.C12H16/c1-6-11(2)12-10-13-14(3,4)8-7-9-15(13,5)16-12;1-5-6-7-12-10(2)8-11(14)9-13(12,3)4;1-4-6-8-9-11-12(3)10-7-5-2/h6,10,12H,7-9H2,1-5H3;6-7,11,14H,5,8-9H2,1-4H3;4-11H,2H2,1,3H3/b11-6+;7-6+;6-4-,9-8+,10-7+,12-11+. The van der Waals surface area contributed by atoms with Crippen LogP contribution in [0.3, 0.4) is 0 Å². The average Bonchev–Trinajstić information content (AvgIpc) is 3.28. The van der Waals surface area contributed by atoms with Crippen LogP contribution in [0.1, 0.15) is 115 Å². The average molecular weight is 575 g/mol. The van der Waals surface area contributed by atoms with E-state index in [1.54, 1.807) is 6.08 Å². The molecule has 1 heterocycles. The normalized spacial score (nSPS) is 27.6. The molecule has 2 aliphatic carbocycles. The SMILES string of the molecule is C/C=C(\C)C1C=C2C(C)(C)CCCC2(C)O1.C=C/C=C/C(C)=C/C=C/C=C\C.CC/C=C/C1=C(C)CC(O)CC1(C)C. The van der Waals surface area contributed by atoms with E-state index in [0.717, 1.165) is 19.3 Å². The van der Waals surface area contributed by atoms with E-state index in [2.05, 4.69) is 106 Å². The molecule has 0 aromatic heterocycles. The number of allylic oxidation sites excluding steroid dienone is 13. The van der Waals surface area contributed by atoms with Gasteiger partial charge in [0.05, 0.1) is 17.8 Å². The molecule has 3 rings (SSSR count). The minimum atomic E-state index is -0.149. The fourth-order valence-corrected chi connectivity index (χ4v) is 6.31. The van der Waals surface area contributed by atoms with E-state index in [1.165, 1.54) is 47.1 Å². The number of aliphatic hydroxyl groups excluding tert-OH is 1. The maximum absolute atomic E-state index is 9.70. The first kappa shape index (κ1) is 37.6. The van der Waals surface area contributed by atoms with Crippen molar-refractivity contribution in [3.8, 4) is 0 Å². The zero-order valence-electron chi connectivity index (χ0n) is 28.9. The zero-order chi connectivity index (χ0) is 32.0. The molecule has 3 atom stereocenters. The van der Waals surface area contributed by atoms with Crippen LogP contribution in [-0.4, -0.2) is 22.9 Å². The second-order valence-electron chi connectivity index (χ2n) is 13.5. The van der Waals surface area contributed by atoms with Crippen LogP contribution in [0.4, 0.5) is 0 Å².